The molecule has 2 aromatic rings. The first-order chi connectivity index (χ1) is 12.2. The summed E-state index contributed by atoms with van der Waals surface area (Å²) in [6, 6.07) is 7.92. The molecule has 1 aliphatic heterocycles. The van der Waals surface area contributed by atoms with Gasteiger partial charge in [-0.25, -0.2) is 4.98 Å². The van der Waals surface area contributed by atoms with Crippen LogP contribution in [0.1, 0.15) is 45.2 Å². The summed E-state index contributed by atoms with van der Waals surface area (Å²) in [5.74, 6) is -0.0497. The van der Waals surface area contributed by atoms with Crippen LogP contribution in [0.2, 0.25) is 0 Å². The molecule has 1 fully saturated rings. The summed E-state index contributed by atoms with van der Waals surface area (Å²) in [6.45, 7) is 5.20. The van der Waals surface area contributed by atoms with Gasteiger partial charge in [0.05, 0.1) is 18.8 Å². The van der Waals surface area contributed by atoms with Crippen LogP contribution in [0.25, 0.3) is 0 Å². The first-order valence-electron chi connectivity index (χ1n) is 8.74. The van der Waals surface area contributed by atoms with E-state index in [1.807, 2.05) is 19.1 Å². The molecule has 0 bridgehead atoms. The predicted molar refractivity (Wildman–Crippen MR) is 101 cm³/mol. The molecular formula is C19H25N3O2S. The first kappa shape index (κ1) is 17.9. The van der Waals surface area contributed by atoms with Gasteiger partial charge in [0.2, 0.25) is 0 Å². The molecule has 25 heavy (non-hydrogen) atoms. The number of anilines is 1. The fourth-order valence-corrected chi connectivity index (χ4v) is 4.06. The number of carbonyl (C=O) groups excluding carboxylic acids is 1. The number of hydrogen-bond donors (Lipinski definition) is 1. The lowest BCUT2D eigenvalue weighted by molar-refractivity contribution is 0.0951. The van der Waals surface area contributed by atoms with Crippen molar-refractivity contribution in [3.8, 4) is 0 Å². The van der Waals surface area contributed by atoms with Crippen LogP contribution in [0.4, 0.5) is 5.69 Å². The molecule has 0 atom stereocenters. The number of ether oxygens (including phenoxy) is 1. The monoisotopic (exact) mass is 359 g/mol. The van der Waals surface area contributed by atoms with Crippen molar-refractivity contribution in [2.75, 3.05) is 25.1 Å². The Morgan fingerprint density at radius 2 is 1.96 bits per heavy atom. The molecule has 1 aromatic carbocycles. The number of benzene rings is 1. The molecule has 1 aromatic heterocycles. The number of carbonyl (C=O) groups is 1. The third-order valence-corrected chi connectivity index (χ3v) is 5.60. The quantitative estimate of drug-likeness (QED) is 0.857. The van der Waals surface area contributed by atoms with E-state index < -0.39 is 0 Å². The number of aromatic nitrogens is 1. The number of methoxy groups -OCH3 is 1. The van der Waals surface area contributed by atoms with Crippen molar-refractivity contribution in [1.82, 2.24) is 10.3 Å². The van der Waals surface area contributed by atoms with E-state index >= 15 is 0 Å². The molecule has 1 aliphatic rings. The second-order valence-electron chi connectivity index (χ2n) is 6.33. The topological polar surface area (TPSA) is 54.5 Å². The molecule has 1 saturated heterocycles. The van der Waals surface area contributed by atoms with Gasteiger partial charge in [-0.15, -0.1) is 11.3 Å². The van der Waals surface area contributed by atoms with Gasteiger partial charge in [0, 0.05) is 36.3 Å². The normalized spacial score (nSPS) is 14.6. The maximum atomic E-state index is 12.4. The lowest BCUT2D eigenvalue weighted by atomic mass is 10.1. The average molecular weight is 359 g/mol. The van der Waals surface area contributed by atoms with Crippen molar-refractivity contribution in [2.24, 2.45) is 0 Å². The minimum absolute atomic E-state index is 0.0497. The Kier molecular flexibility index (Phi) is 6.04. The second kappa shape index (κ2) is 8.45. The summed E-state index contributed by atoms with van der Waals surface area (Å²) in [7, 11) is 1.66. The molecule has 0 unspecified atom stereocenters. The number of amides is 1. The highest BCUT2D eigenvalue weighted by Gasteiger charge is 2.13. The van der Waals surface area contributed by atoms with Gasteiger partial charge in [-0.3, -0.25) is 4.79 Å². The summed E-state index contributed by atoms with van der Waals surface area (Å²) in [5.41, 5.74) is 2.86. The number of thiazole rings is 1. The van der Waals surface area contributed by atoms with Crippen LogP contribution >= 0.6 is 11.3 Å². The predicted octanol–water partition coefficient (Wildman–Crippen LogP) is 3.52. The summed E-state index contributed by atoms with van der Waals surface area (Å²) in [5, 5.41) is 3.93. The number of aryl methyl sites for hydroxylation is 1. The number of piperidine rings is 1. The van der Waals surface area contributed by atoms with Gasteiger partial charge < -0.3 is 15.0 Å². The van der Waals surface area contributed by atoms with Crippen molar-refractivity contribution >= 4 is 22.9 Å². The third-order valence-electron chi connectivity index (χ3n) is 4.46. The lowest BCUT2D eigenvalue weighted by Gasteiger charge is -2.28. The Hall–Kier alpha value is -1.92. The zero-order valence-corrected chi connectivity index (χ0v) is 15.7. The molecule has 5 nitrogen and oxygen atoms in total. The van der Waals surface area contributed by atoms with Crippen LogP contribution in [-0.4, -0.2) is 31.1 Å². The number of hydrogen-bond acceptors (Lipinski definition) is 5. The molecular weight excluding hydrogens is 334 g/mol. The molecule has 0 saturated carbocycles. The first-order valence-corrected chi connectivity index (χ1v) is 9.56. The highest BCUT2D eigenvalue weighted by molar-refractivity contribution is 7.11. The second-order valence-corrected chi connectivity index (χ2v) is 7.49. The summed E-state index contributed by atoms with van der Waals surface area (Å²) >= 11 is 1.58. The smallest absolute Gasteiger partial charge is 0.251 e. The summed E-state index contributed by atoms with van der Waals surface area (Å²) in [6.07, 6.45) is 3.82. The SMILES string of the molecule is COCc1nc(C)c(CNC(=O)c2ccc(N3CCCCC3)cc2)s1. The average Bonchev–Trinajstić information content (AvgIpc) is 3.00. The van der Waals surface area contributed by atoms with Crippen LogP contribution < -0.4 is 10.2 Å². The lowest BCUT2D eigenvalue weighted by Crippen LogP contribution is -2.29. The molecule has 134 valence electrons. The van der Waals surface area contributed by atoms with Gasteiger partial charge in [0.15, 0.2) is 0 Å². The van der Waals surface area contributed by atoms with E-state index in [0.717, 1.165) is 28.7 Å². The standard InChI is InChI=1S/C19H25N3O2S/c1-14-17(25-18(21-14)13-24-2)12-20-19(23)15-6-8-16(9-7-15)22-10-4-3-5-11-22/h6-9H,3-5,10-13H2,1-2H3,(H,20,23). The Morgan fingerprint density at radius 3 is 2.64 bits per heavy atom. The zero-order valence-electron chi connectivity index (χ0n) is 14.9. The largest absolute Gasteiger partial charge is 0.378 e. The minimum Gasteiger partial charge on any atom is -0.378 e. The fourth-order valence-electron chi connectivity index (χ4n) is 3.08. The summed E-state index contributed by atoms with van der Waals surface area (Å²) < 4.78 is 5.11. The van der Waals surface area contributed by atoms with Crippen LogP contribution in [0, 0.1) is 6.92 Å². The molecule has 0 radical (unpaired) electrons. The van der Waals surface area contributed by atoms with Crippen LogP contribution in [0.3, 0.4) is 0 Å². The van der Waals surface area contributed by atoms with Crippen LogP contribution in [0.15, 0.2) is 24.3 Å². The number of rotatable bonds is 6. The number of nitrogens with one attached hydrogen (secondary N) is 1. The molecule has 1 N–H and O–H groups in total. The van der Waals surface area contributed by atoms with Crippen LogP contribution in [-0.2, 0) is 17.9 Å². The van der Waals surface area contributed by atoms with Crippen molar-refractivity contribution in [1.29, 1.82) is 0 Å². The van der Waals surface area contributed by atoms with Crippen molar-refractivity contribution in [3.05, 3.63) is 45.4 Å². The van der Waals surface area contributed by atoms with Crippen molar-refractivity contribution < 1.29 is 9.53 Å². The van der Waals surface area contributed by atoms with E-state index in [-0.39, 0.29) is 5.91 Å². The number of nitrogens with zero attached hydrogens (tertiary/aromatic N) is 2. The third kappa shape index (κ3) is 4.58. The Morgan fingerprint density at radius 1 is 1.24 bits per heavy atom. The van der Waals surface area contributed by atoms with Gasteiger partial charge in [0.25, 0.3) is 5.91 Å². The van der Waals surface area contributed by atoms with Gasteiger partial charge in [-0.05, 0) is 50.5 Å². The molecule has 1 amide bonds. The zero-order chi connectivity index (χ0) is 17.6. The van der Waals surface area contributed by atoms with Crippen LogP contribution in [0.5, 0.6) is 0 Å². The molecule has 0 spiro atoms. The van der Waals surface area contributed by atoms with Gasteiger partial charge in [-0.2, -0.15) is 0 Å². The maximum Gasteiger partial charge on any atom is 0.251 e. The highest BCUT2D eigenvalue weighted by Crippen LogP contribution is 2.21. The highest BCUT2D eigenvalue weighted by atomic mass is 32.1. The molecule has 2 heterocycles. The van der Waals surface area contributed by atoms with E-state index in [1.165, 1.54) is 24.9 Å². The van der Waals surface area contributed by atoms with E-state index in [9.17, 15) is 4.79 Å². The Balaban J connectivity index is 1.57. The van der Waals surface area contributed by atoms with E-state index in [4.69, 9.17) is 4.74 Å². The van der Waals surface area contributed by atoms with Gasteiger partial charge in [-0.1, -0.05) is 0 Å². The van der Waals surface area contributed by atoms with Gasteiger partial charge in [0.1, 0.15) is 5.01 Å². The van der Waals surface area contributed by atoms with E-state index in [2.05, 4.69) is 27.3 Å². The molecule has 6 heteroatoms. The van der Waals surface area contributed by atoms with Gasteiger partial charge >= 0.3 is 0 Å². The van der Waals surface area contributed by atoms with E-state index in [0.29, 0.717) is 18.7 Å². The molecule has 3 rings (SSSR count). The minimum atomic E-state index is -0.0497. The molecule has 0 aliphatic carbocycles. The van der Waals surface area contributed by atoms with Crippen molar-refractivity contribution in [2.45, 2.75) is 39.3 Å². The van der Waals surface area contributed by atoms with Crippen molar-refractivity contribution in [3.63, 3.8) is 0 Å². The Labute approximate surface area is 153 Å². The summed E-state index contributed by atoms with van der Waals surface area (Å²) in [4.78, 5) is 20.3. The Bertz CT molecular complexity index is 706. The van der Waals surface area contributed by atoms with E-state index in [1.54, 1.807) is 18.4 Å². The maximum absolute atomic E-state index is 12.4. The fraction of sp³-hybridized carbons (Fsp3) is 0.474.